The number of ether oxygens (including phenoxy) is 1. The molecule has 0 saturated carbocycles. The highest BCUT2D eigenvalue weighted by Crippen LogP contribution is 2.29. The highest BCUT2D eigenvalue weighted by Gasteiger charge is 2.45. The van der Waals surface area contributed by atoms with Gasteiger partial charge in [-0.2, -0.15) is 4.98 Å². The molecule has 0 spiro atoms. The fourth-order valence-corrected chi connectivity index (χ4v) is 3.27. The molecule has 9 nitrogen and oxygen atoms in total. The van der Waals surface area contributed by atoms with Gasteiger partial charge in [0.15, 0.2) is 6.23 Å². The fraction of sp³-hybridized carbons (Fsp3) is 0.476. The van der Waals surface area contributed by atoms with Gasteiger partial charge in [-0.25, -0.2) is 4.68 Å². The number of benzene rings is 1. The van der Waals surface area contributed by atoms with Crippen LogP contribution in [0, 0.1) is 11.8 Å². The summed E-state index contributed by atoms with van der Waals surface area (Å²) >= 11 is 0. The Morgan fingerprint density at radius 3 is 2.53 bits per heavy atom. The van der Waals surface area contributed by atoms with Gasteiger partial charge in [-0.1, -0.05) is 37.8 Å². The van der Waals surface area contributed by atoms with E-state index in [2.05, 4.69) is 28.8 Å². The Kier molecular flexibility index (Phi) is 7.18. The Balaban J connectivity index is 1.79. The van der Waals surface area contributed by atoms with Gasteiger partial charge >= 0.3 is 0 Å². The second-order valence-corrected chi connectivity index (χ2v) is 7.20. The van der Waals surface area contributed by atoms with E-state index >= 15 is 0 Å². The lowest BCUT2D eigenvalue weighted by Crippen LogP contribution is -2.34. The molecule has 1 amide bonds. The van der Waals surface area contributed by atoms with Crippen molar-refractivity contribution in [3.05, 3.63) is 47.0 Å². The SMILES string of the molecule is CCCCCc1ccc(C#Cc2nc(C(N)=O)n([C@@H]3O[C@H](CO)[C@@H](O)[C@H]3O)n2)cc1. The summed E-state index contributed by atoms with van der Waals surface area (Å²) in [6.07, 6.45) is -0.421. The van der Waals surface area contributed by atoms with Crippen LogP contribution >= 0.6 is 0 Å². The van der Waals surface area contributed by atoms with E-state index in [-0.39, 0.29) is 11.6 Å². The van der Waals surface area contributed by atoms with Crippen molar-refractivity contribution in [1.29, 1.82) is 0 Å². The minimum absolute atomic E-state index is 0.0218. The molecule has 9 heteroatoms. The molecule has 5 N–H and O–H groups in total. The van der Waals surface area contributed by atoms with E-state index in [0.29, 0.717) is 0 Å². The van der Waals surface area contributed by atoms with Crippen LogP contribution in [0.15, 0.2) is 24.3 Å². The van der Waals surface area contributed by atoms with Gasteiger partial charge in [0.05, 0.1) is 6.61 Å². The summed E-state index contributed by atoms with van der Waals surface area (Å²) < 4.78 is 6.39. The number of aliphatic hydroxyl groups excluding tert-OH is 3. The summed E-state index contributed by atoms with van der Waals surface area (Å²) in [5, 5.41) is 33.4. The second kappa shape index (κ2) is 9.82. The maximum Gasteiger partial charge on any atom is 0.286 e. The second-order valence-electron chi connectivity index (χ2n) is 7.20. The standard InChI is InChI=1S/C21H26N4O5/c1-2-3-4-5-13-6-8-14(9-7-13)10-11-16-23-20(19(22)29)25(24-16)21-18(28)17(27)15(12-26)30-21/h6-9,15,17-18,21,26-28H,2-5,12H2,1H3,(H2,22,29)/t15-,17-,18-,21-/m1/s1. The van der Waals surface area contributed by atoms with Crippen molar-refractivity contribution in [3.63, 3.8) is 0 Å². The minimum Gasteiger partial charge on any atom is -0.394 e. The first-order chi connectivity index (χ1) is 14.4. The number of hydrogen-bond acceptors (Lipinski definition) is 7. The van der Waals surface area contributed by atoms with Gasteiger partial charge in [-0.3, -0.25) is 4.79 Å². The molecule has 3 rings (SSSR count). The largest absolute Gasteiger partial charge is 0.394 e. The number of unbranched alkanes of at least 4 members (excludes halogenated alkanes) is 2. The molecule has 1 saturated heterocycles. The lowest BCUT2D eigenvalue weighted by Gasteiger charge is -2.15. The lowest BCUT2D eigenvalue weighted by atomic mass is 10.1. The van der Waals surface area contributed by atoms with E-state index < -0.39 is 37.1 Å². The van der Waals surface area contributed by atoms with Gasteiger partial charge < -0.3 is 25.8 Å². The number of aliphatic hydroxyl groups is 3. The zero-order chi connectivity index (χ0) is 21.7. The number of primary amides is 1. The first-order valence-corrected chi connectivity index (χ1v) is 9.94. The van der Waals surface area contributed by atoms with Crippen LogP contribution in [0.5, 0.6) is 0 Å². The molecule has 0 unspecified atom stereocenters. The first kappa shape index (κ1) is 21.9. The molecule has 160 valence electrons. The van der Waals surface area contributed by atoms with Crippen molar-refractivity contribution >= 4 is 5.91 Å². The zero-order valence-electron chi connectivity index (χ0n) is 16.7. The number of amides is 1. The van der Waals surface area contributed by atoms with Crippen molar-refractivity contribution in [1.82, 2.24) is 14.8 Å². The van der Waals surface area contributed by atoms with Crippen LogP contribution in [0.4, 0.5) is 0 Å². The summed E-state index contributed by atoms with van der Waals surface area (Å²) in [5.74, 6) is 4.58. The van der Waals surface area contributed by atoms with E-state index in [0.717, 1.165) is 23.1 Å². The van der Waals surface area contributed by atoms with Gasteiger partial charge in [0.2, 0.25) is 11.6 Å². The predicted molar refractivity (Wildman–Crippen MR) is 107 cm³/mol. The van der Waals surface area contributed by atoms with E-state index in [1.54, 1.807) is 0 Å². The highest BCUT2D eigenvalue weighted by atomic mass is 16.6. The Morgan fingerprint density at radius 2 is 1.93 bits per heavy atom. The number of nitrogens with two attached hydrogens (primary N) is 1. The predicted octanol–water partition coefficient (Wildman–Crippen LogP) is 0.121. The molecular weight excluding hydrogens is 388 g/mol. The summed E-state index contributed by atoms with van der Waals surface area (Å²) in [5.41, 5.74) is 7.37. The summed E-state index contributed by atoms with van der Waals surface area (Å²) in [6.45, 7) is 1.67. The smallest absolute Gasteiger partial charge is 0.286 e. The molecule has 0 radical (unpaired) electrons. The number of rotatable bonds is 7. The minimum atomic E-state index is -1.41. The molecule has 2 aromatic rings. The third-order valence-corrected chi connectivity index (χ3v) is 4.95. The van der Waals surface area contributed by atoms with E-state index in [9.17, 15) is 20.1 Å². The summed E-state index contributed by atoms with van der Waals surface area (Å²) in [6, 6.07) is 7.87. The normalized spacial score (nSPS) is 23.2. The molecule has 1 aromatic heterocycles. The average molecular weight is 414 g/mol. The molecular formula is C21H26N4O5. The number of nitrogens with zero attached hydrogens (tertiary/aromatic N) is 3. The molecule has 4 atom stereocenters. The van der Waals surface area contributed by atoms with Crippen molar-refractivity contribution in [3.8, 4) is 11.8 Å². The summed E-state index contributed by atoms with van der Waals surface area (Å²) in [4.78, 5) is 15.8. The van der Waals surface area contributed by atoms with Crippen LogP contribution in [0.3, 0.4) is 0 Å². The number of carbonyl (C=O) groups excluding carboxylic acids is 1. The van der Waals surface area contributed by atoms with E-state index in [4.69, 9.17) is 10.5 Å². The maximum absolute atomic E-state index is 11.8. The first-order valence-electron chi connectivity index (χ1n) is 9.94. The third kappa shape index (κ3) is 4.86. The molecule has 1 aliphatic rings. The molecule has 0 aliphatic carbocycles. The average Bonchev–Trinajstić information content (AvgIpc) is 3.29. The van der Waals surface area contributed by atoms with Crippen LogP contribution in [0.25, 0.3) is 0 Å². The van der Waals surface area contributed by atoms with Gasteiger partial charge in [0.1, 0.15) is 18.3 Å². The third-order valence-electron chi connectivity index (χ3n) is 4.95. The Hall–Kier alpha value is -2.77. The lowest BCUT2D eigenvalue weighted by molar-refractivity contribution is -0.0595. The number of carbonyl (C=O) groups is 1. The van der Waals surface area contributed by atoms with Gasteiger partial charge in [-0.15, -0.1) is 5.10 Å². The molecule has 1 aliphatic heterocycles. The van der Waals surface area contributed by atoms with Crippen LogP contribution in [0.2, 0.25) is 0 Å². The van der Waals surface area contributed by atoms with Crippen LogP contribution in [-0.4, -0.2) is 60.9 Å². The van der Waals surface area contributed by atoms with Crippen LogP contribution < -0.4 is 5.73 Å². The van der Waals surface area contributed by atoms with Crippen molar-refractivity contribution in [2.45, 2.75) is 57.1 Å². The van der Waals surface area contributed by atoms with Crippen LogP contribution in [-0.2, 0) is 11.2 Å². The topological polar surface area (TPSA) is 144 Å². The summed E-state index contributed by atoms with van der Waals surface area (Å²) in [7, 11) is 0. The van der Waals surface area contributed by atoms with Gasteiger partial charge in [0, 0.05) is 5.56 Å². The van der Waals surface area contributed by atoms with Crippen molar-refractivity contribution in [2.24, 2.45) is 5.73 Å². The molecule has 1 fully saturated rings. The molecule has 0 bridgehead atoms. The molecule has 1 aromatic carbocycles. The molecule has 30 heavy (non-hydrogen) atoms. The Labute approximate surface area is 174 Å². The number of hydrogen-bond donors (Lipinski definition) is 4. The molecule has 2 heterocycles. The van der Waals surface area contributed by atoms with E-state index in [1.165, 1.54) is 18.4 Å². The van der Waals surface area contributed by atoms with E-state index in [1.807, 2.05) is 24.3 Å². The maximum atomic E-state index is 11.8. The number of aryl methyl sites for hydroxylation is 1. The fourth-order valence-electron chi connectivity index (χ4n) is 3.27. The van der Waals surface area contributed by atoms with Gasteiger partial charge in [0.25, 0.3) is 5.91 Å². The zero-order valence-corrected chi connectivity index (χ0v) is 16.7. The quantitative estimate of drug-likeness (QED) is 0.372. The Bertz CT molecular complexity index is 931. The Morgan fingerprint density at radius 1 is 1.20 bits per heavy atom. The highest BCUT2D eigenvalue weighted by molar-refractivity contribution is 5.89. The van der Waals surface area contributed by atoms with Gasteiger partial charge in [-0.05, 0) is 36.5 Å². The van der Waals surface area contributed by atoms with Crippen LogP contribution in [0.1, 0.15) is 60.0 Å². The van der Waals surface area contributed by atoms with Crippen molar-refractivity contribution < 1.29 is 24.9 Å². The monoisotopic (exact) mass is 414 g/mol. The number of aromatic nitrogens is 3. The van der Waals surface area contributed by atoms with Crippen molar-refractivity contribution in [2.75, 3.05) is 6.61 Å².